The van der Waals surface area contributed by atoms with Gasteiger partial charge in [-0.15, -0.1) is 0 Å². The van der Waals surface area contributed by atoms with Gasteiger partial charge >= 0.3 is 0 Å². The zero-order valence-electron chi connectivity index (χ0n) is 17.6. The molecule has 2 aliphatic rings. The number of carbonyl (C=O) groups is 2. The fourth-order valence-electron chi connectivity index (χ4n) is 3.56. The molecule has 2 aromatic rings. The van der Waals surface area contributed by atoms with Gasteiger partial charge in [-0.2, -0.15) is 0 Å². The van der Waals surface area contributed by atoms with Crippen molar-refractivity contribution in [3.8, 4) is 5.75 Å². The second-order valence-corrected chi connectivity index (χ2v) is 8.53. The summed E-state index contributed by atoms with van der Waals surface area (Å²) in [4.78, 5) is 40.2. The zero-order chi connectivity index (χ0) is 21.8. The third kappa shape index (κ3) is 4.82. The molecule has 0 bridgehead atoms. The van der Waals surface area contributed by atoms with Crippen LogP contribution < -0.4 is 9.64 Å². The minimum absolute atomic E-state index is 0.00504. The average molecular weight is 440 g/mol. The van der Waals surface area contributed by atoms with E-state index in [1.54, 1.807) is 20.4 Å². The predicted molar refractivity (Wildman–Crippen MR) is 122 cm³/mol. The Hall–Kier alpha value is -3.07. The summed E-state index contributed by atoms with van der Waals surface area (Å²) in [6.07, 6.45) is 1.96. The van der Waals surface area contributed by atoms with E-state index in [1.807, 2.05) is 47.4 Å². The van der Waals surface area contributed by atoms with Crippen molar-refractivity contribution < 1.29 is 14.3 Å². The predicted octanol–water partition coefficient (Wildman–Crippen LogP) is 2.39. The Morgan fingerprint density at radius 1 is 1.13 bits per heavy atom. The molecule has 0 radical (unpaired) electrons. The highest BCUT2D eigenvalue weighted by atomic mass is 32.2. The van der Waals surface area contributed by atoms with E-state index in [9.17, 15) is 9.59 Å². The first-order valence-electron chi connectivity index (χ1n) is 10.2. The summed E-state index contributed by atoms with van der Waals surface area (Å²) in [6, 6.07) is 13.1. The lowest BCUT2D eigenvalue weighted by Gasteiger charge is -2.38. The van der Waals surface area contributed by atoms with Gasteiger partial charge in [0.1, 0.15) is 16.8 Å². The summed E-state index contributed by atoms with van der Waals surface area (Å²) >= 11 is 1.35. The number of aromatic nitrogens is 1. The van der Waals surface area contributed by atoms with Gasteiger partial charge in [-0.05, 0) is 36.4 Å². The number of ether oxygens (including phenoxy) is 1. The number of methoxy groups -OCH3 is 1. The van der Waals surface area contributed by atoms with Crippen LogP contribution in [0.3, 0.4) is 0 Å². The Morgan fingerprint density at radius 3 is 2.52 bits per heavy atom. The molecule has 162 valence electrons. The fourth-order valence-corrected chi connectivity index (χ4v) is 4.71. The molecule has 2 amide bonds. The number of hydrogen-bond donors (Lipinski definition) is 0. The van der Waals surface area contributed by atoms with E-state index in [0.29, 0.717) is 23.9 Å². The molecule has 2 saturated heterocycles. The highest BCUT2D eigenvalue weighted by molar-refractivity contribution is 8.15. The highest BCUT2D eigenvalue weighted by Crippen LogP contribution is 2.30. The molecule has 1 unspecified atom stereocenters. The van der Waals surface area contributed by atoms with Crippen molar-refractivity contribution in [2.75, 3.05) is 45.2 Å². The normalized spacial score (nSPS) is 20.8. The molecule has 2 fully saturated rings. The summed E-state index contributed by atoms with van der Waals surface area (Å²) in [5, 5.41) is 0.0778. The number of rotatable bonds is 4. The maximum Gasteiger partial charge on any atom is 0.236 e. The molecule has 31 heavy (non-hydrogen) atoms. The smallest absolute Gasteiger partial charge is 0.236 e. The lowest BCUT2D eigenvalue weighted by molar-refractivity contribution is -0.134. The van der Waals surface area contributed by atoms with Crippen LogP contribution >= 0.6 is 11.8 Å². The van der Waals surface area contributed by atoms with Crippen molar-refractivity contribution in [3.05, 3.63) is 48.7 Å². The minimum atomic E-state index is -0.456. The first-order chi connectivity index (χ1) is 15.0. The second-order valence-electron chi connectivity index (χ2n) is 7.36. The number of nitrogens with zero attached hydrogens (tertiary/aromatic N) is 5. The van der Waals surface area contributed by atoms with Crippen molar-refractivity contribution in [1.29, 1.82) is 0 Å². The molecule has 0 aliphatic carbocycles. The number of thioether (sulfide) groups is 1. The quantitative estimate of drug-likeness (QED) is 0.728. The number of amides is 2. The van der Waals surface area contributed by atoms with Crippen LogP contribution in [0.25, 0.3) is 0 Å². The van der Waals surface area contributed by atoms with Gasteiger partial charge in [0.2, 0.25) is 11.8 Å². The number of aliphatic imine (C=N–C) groups is 1. The molecule has 1 aromatic carbocycles. The van der Waals surface area contributed by atoms with Crippen LogP contribution in [0.2, 0.25) is 0 Å². The van der Waals surface area contributed by atoms with Gasteiger partial charge in [0, 0.05) is 45.8 Å². The van der Waals surface area contributed by atoms with Crippen molar-refractivity contribution in [1.82, 2.24) is 14.8 Å². The van der Waals surface area contributed by atoms with Crippen molar-refractivity contribution >= 4 is 40.2 Å². The number of benzene rings is 1. The van der Waals surface area contributed by atoms with Crippen LogP contribution in [0, 0.1) is 0 Å². The highest BCUT2D eigenvalue weighted by Gasteiger charge is 2.37. The van der Waals surface area contributed by atoms with Crippen LogP contribution in [-0.2, 0) is 9.59 Å². The summed E-state index contributed by atoms with van der Waals surface area (Å²) in [6.45, 7) is 2.67. The Bertz CT molecular complexity index is 959. The average Bonchev–Trinajstić information content (AvgIpc) is 2.82. The maximum atomic E-state index is 13.2. The number of carbonyl (C=O) groups excluding carboxylic acids is 2. The summed E-state index contributed by atoms with van der Waals surface area (Å²) in [7, 11) is 3.31. The van der Waals surface area contributed by atoms with Gasteiger partial charge < -0.3 is 14.5 Å². The first kappa shape index (κ1) is 21.2. The Labute approximate surface area is 185 Å². The molecule has 0 spiro atoms. The van der Waals surface area contributed by atoms with Gasteiger partial charge in [0.05, 0.1) is 12.8 Å². The first-order valence-corrected chi connectivity index (χ1v) is 11.0. The number of piperazine rings is 1. The maximum absolute atomic E-state index is 13.2. The van der Waals surface area contributed by atoms with E-state index in [1.165, 1.54) is 16.7 Å². The zero-order valence-corrected chi connectivity index (χ0v) is 18.4. The second kappa shape index (κ2) is 9.38. The molecular weight excluding hydrogens is 414 g/mol. The van der Waals surface area contributed by atoms with Crippen LogP contribution in [0.15, 0.2) is 53.7 Å². The molecule has 9 heteroatoms. The molecule has 0 saturated carbocycles. The topological polar surface area (TPSA) is 78.3 Å². The lowest BCUT2D eigenvalue weighted by atomic mass is 10.2. The van der Waals surface area contributed by atoms with E-state index >= 15 is 0 Å². The standard InChI is InChI=1S/C22H25N5O3S/c1-25-20(28)15-18(31-22(25)24-16-6-8-17(30-2)9-7-16)21(29)27-13-11-26(12-14-27)19-5-3-4-10-23-19/h3-10,18H,11-15H2,1-2H3. The molecule has 0 N–H and O–H groups in total. The van der Waals surface area contributed by atoms with Gasteiger partial charge in [-0.3, -0.25) is 14.5 Å². The number of amidine groups is 1. The van der Waals surface area contributed by atoms with Crippen LogP contribution in [0.1, 0.15) is 6.42 Å². The summed E-state index contributed by atoms with van der Waals surface area (Å²) < 4.78 is 5.17. The molecular formula is C22H25N5O3S. The molecule has 8 nitrogen and oxygen atoms in total. The van der Waals surface area contributed by atoms with E-state index < -0.39 is 5.25 Å². The van der Waals surface area contributed by atoms with E-state index in [-0.39, 0.29) is 18.2 Å². The minimum Gasteiger partial charge on any atom is -0.497 e. The Morgan fingerprint density at radius 2 is 1.87 bits per heavy atom. The van der Waals surface area contributed by atoms with Gasteiger partial charge in [0.25, 0.3) is 0 Å². The van der Waals surface area contributed by atoms with Crippen LogP contribution in [-0.4, -0.2) is 77.4 Å². The number of anilines is 1. The molecule has 4 rings (SSSR count). The monoisotopic (exact) mass is 439 g/mol. The molecule has 2 aliphatic heterocycles. The van der Waals surface area contributed by atoms with Gasteiger partial charge in [0.15, 0.2) is 5.17 Å². The number of pyridine rings is 1. The van der Waals surface area contributed by atoms with Gasteiger partial charge in [-0.1, -0.05) is 17.8 Å². The van der Waals surface area contributed by atoms with Crippen molar-refractivity contribution in [2.45, 2.75) is 11.7 Å². The van der Waals surface area contributed by atoms with Crippen molar-refractivity contribution in [3.63, 3.8) is 0 Å². The Balaban J connectivity index is 1.42. The van der Waals surface area contributed by atoms with Gasteiger partial charge in [-0.25, -0.2) is 9.98 Å². The largest absolute Gasteiger partial charge is 0.497 e. The lowest BCUT2D eigenvalue weighted by Crippen LogP contribution is -2.53. The Kier molecular flexibility index (Phi) is 6.41. The van der Waals surface area contributed by atoms with Crippen LogP contribution in [0.5, 0.6) is 5.75 Å². The van der Waals surface area contributed by atoms with E-state index in [2.05, 4.69) is 14.9 Å². The molecule has 3 heterocycles. The third-order valence-corrected chi connectivity index (χ3v) is 6.63. The molecule has 1 aromatic heterocycles. The van der Waals surface area contributed by atoms with E-state index in [0.717, 1.165) is 24.7 Å². The molecule has 1 atom stereocenters. The summed E-state index contributed by atoms with van der Waals surface area (Å²) in [5.74, 6) is 1.56. The number of hydrogen-bond acceptors (Lipinski definition) is 7. The summed E-state index contributed by atoms with van der Waals surface area (Å²) in [5.41, 5.74) is 0.708. The fraction of sp³-hybridized carbons (Fsp3) is 0.364. The van der Waals surface area contributed by atoms with E-state index in [4.69, 9.17) is 4.74 Å². The third-order valence-electron chi connectivity index (χ3n) is 5.41. The SMILES string of the molecule is COc1ccc(N=C2SC(C(=O)N3CCN(c4ccccn4)CC3)CC(=O)N2C)cc1. The van der Waals surface area contributed by atoms with Crippen molar-refractivity contribution in [2.24, 2.45) is 4.99 Å². The van der Waals surface area contributed by atoms with Crippen LogP contribution in [0.4, 0.5) is 11.5 Å².